The van der Waals surface area contributed by atoms with Crippen LogP contribution in [0.4, 0.5) is 11.4 Å². The molecule has 1 N–H and O–H groups in total. The van der Waals surface area contributed by atoms with Crippen molar-refractivity contribution in [1.29, 1.82) is 0 Å². The van der Waals surface area contributed by atoms with Crippen LogP contribution in [0, 0.1) is 19.8 Å². The first-order valence-electron chi connectivity index (χ1n) is 7.99. The topological polar surface area (TPSA) is 49.4 Å². The van der Waals surface area contributed by atoms with Crippen LogP contribution in [-0.2, 0) is 9.59 Å². The van der Waals surface area contributed by atoms with Gasteiger partial charge in [-0.05, 0) is 49.2 Å². The van der Waals surface area contributed by atoms with E-state index >= 15 is 0 Å². The molecule has 0 spiro atoms. The lowest BCUT2D eigenvalue weighted by atomic mass is 10.1. The Morgan fingerprint density at radius 1 is 1.20 bits per heavy atom. The summed E-state index contributed by atoms with van der Waals surface area (Å²) in [5.41, 5.74) is 3.53. The molecule has 130 valence electrons. The summed E-state index contributed by atoms with van der Waals surface area (Å²) in [7, 11) is 0. The van der Waals surface area contributed by atoms with Crippen molar-refractivity contribution in [3.63, 3.8) is 0 Å². The third kappa shape index (κ3) is 3.65. The third-order valence-electron chi connectivity index (χ3n) is 4.55. The molecular weight excluding hydrogens is 359 g/mol. The van der Waals surface area contributed by atoms with Crippen LogP contribution in [0.3, 0.4) is 0 Å². The predicted molar refractivity (Wildman–Crippen MR) is 101 cm³/mol. The Balaban J connectivity index is 1.75. The summed E-state index contributed by atoms with van der Waals surface area (Å²) < 4.78 is 0. The Morgan fingerprint density at radius 2 is 1.96 bits per heavy atom. The van der Waals surface area contributed by atoms with Crippen molar-refractivity contribution in [1.82, 2.24) is 0 Å². The monoisotopic (exact) mass is 376 g/mol. The average molecular weight is 377 g/mol. The molecule has 6 heteroatoms. The maximum absolute atomic E-state index is 12.5. The second-order valence-corrected chi connectivity index (χ2v) is 7.08. The zero-order valence-electron chi connectivity index (χ0n) is 14.0. The summed E-state index contributed by atoms with van der Waals surface area (Å²) in [6.07, 6.45) is 0.185. The van der Waals surface area contributed by atoms with Gasteiger partial charge in [-0.3, -0.25) is 9.59 Å². The summed E-state index contributed by atoms with van der Waals surface area (Å²) >= 11 is 12.0. The number of halogens is 2. The van der Waals surface area contributed by atoms with Gasteiger partial charge in [0.25, 0.3) is 0 Å². The number of hydrogen-bond donors (Lipinski definition) is 1. The smallest absolute Gasteiger partial charge is 0.229 e. The third-order valence-corrected chi connectivity index (χ3v) is 5.10. The molecule has 1 atom stereocenters. The van der Waals surface area contributed by atoms with E-state index in [4.69, 9.17) is 23.2 Å². The number of benzene rings is 2. The molecule has 0 aliphatic carbocycles. The van der Waals surface area contributed by atoms with Crippen LogP contribution in [0.15, 0.2) is 36.4 Å². The molecule has 4 nitrogen and oxygen atoms in total. The number of carbonyl (C=O) groups excluding carboxylic acids is 2. The van der Waals surface area contributed by atoms with Crippen LogP contribution >= 0.6 is 23.2 Å². The molecule has 0 bridgehead atoms. The molecule has 1 heterocycles. The minimum atomic E-state index is -0.417. The van der Waals surface area contributed by atoms with Gasteiger partial charge >= 0.3 is 0 Å². The van der Waals surface area contributed by atoms with Gasteiger partial charge in [-0.2, -0.15) is 0 Å². The number of anilines is 2. The maximum Gasteiger partial charge on any atom is 0.229 e. The summed E-state index contributed by atoms with van der Waals surface area (Å²) in [5.74, 6) is -0.680. The van der Waals surface area contributed by atoms with E-state index in [0.29, 0.717) is 22.3 Å². The summed E-state index contributed by atoms with van der Waals surface area (Å²) in [5, 5.41) is 3.66. The molecule has 2 aromatic rings. The number of amides is 2. The van der Waals surface area contributed by atoms with Crippen LogP contribution in [-0.4, -0.2) is 18.4 Å². The highest BCUT2D eigenvalue weighted by molar-refractivity contribution is 6.36. The summed E-state index contributed by atoms with van der Waals surface area (Å²) in [6.45, 7) is 4.35. The van der Waals surface area contributed by atoms with Gasteiger partial charge in [-0.1, -0.05) is 35.3 Å². The van der Waals surface area contributed by atoms with Crippen LogP contribution in [0.1, 0.15) is 17.5 Å². The van der Waals surface area contributed by atoms with Crippen molar-refractivity contribution in [2.45, 2.75) is 20.3 Å². The molecule has 0 aromatic heterocycles. The zero-order chi connectivity index (χ0) is 18.1. The number of nitrogens with zero attached hydrogens (tertiary/aromatic N) is 1. The van der Waals surface area contributed by atoms with Crippen LogP contribution in [0.5, 0.6) is 0 Å². The Labute approximate surface area is 156 Å². The second-order valence-electron chi connectivity index (χ2n) is 6.24. The first-order valence-corrected chi connectivity index (χ1v) is 8.75. The fraction of sp³-hybridized carbons (Fsp3) is 0.263. The van der Waals surface area contributed by atoms with Gasteiger partial charge in [-0.25, -0.2) is 0 Å². The average Bonchev–Trinajstić information content (AvgIpc) is 2.94. The molecule has 25 heavy (non-hydrogen) atoms. The first-order chi connectivity index (χ1) is 11.9. The zero-order valence-corrected chi connectivity index (χ0v) is 15.5. The first kappa shape index (κ1) is 17.8. The van der Waals surface area contributed by atoms with E-state index in [1.807, 2.05) is 32.0 Å². The van der Waals surface area contributed by atoms with E-state index in [1.54, 1.807) is 23.1 Å². The number of carbonyl (C=O) groups is 2. The van der Waals surface area contributed by atoms with Crippen molar-refractivity contribution < 1.29 is 9.59 Å². The van der Waals surface area contributed by atoms with Gasteiger partial charge < -0.3 is 10.2 Å². The number of rotatable bonds is 3. The molecule has 1 saturated heterocycles. The summed E-state index contributed by atoms with van der Waals surface area (Å²) in [6, 6.07) is 10.7. The second kappa shape index (κ2) is 7.06. The van der Waals surface area contributed by atoms with E-state index in [-0.39, 0.29) is 18.2 Å². The lowest BCUT2D eigenvalue weighted by Crippen LogP contribution is -2.28. The van der Waals surface area contributed by atoms with Gasteiger partial charge in [0.1, 0.15) is 0 Å². The fourth-order valence-corrected chi connectivity index (χ4v) is 3.43. The highest BCUT2D eigenvalue weighted by Gasteiger charge is 2.36. The Kier molecular flexibility index (Phi) is 5.02. The van der Waals surface area contributed by atoms with Crippen molar-refractivity contribution in [3.8, 4) is 0 Å². The van der Waals surface area contributed by atoms with E-state index in [2.05, 4.69) is 5.32 Å². The molecule has 0 saturated carbocycles. The minimum absolute atomic E-state index is 0.0453. The van der Waals surface area contributed by atoms with Crippen molar-refractivity contribution in [3.05, 3.63) is 57.6 Å². The molecule has 1 fully saturated rings. The van der Waals surface area contributed by atoms with Crippen LogP contribution in [0.25, 0.3) is 0 Å². The van der Waals surface area contributed by atoms with Gasteiger partial charge in [0, 0.05) is 23.7 Å². The molecule has 0 unspecified atom stereocenters. The Bertz CT molecular complexity index is 851. The highest BCUT2D eigenvalue weighted by atomic mass is 35.5. The molecule has 2 aromatic carbocycles. The van der Waals surface area contributed by atoms with Crippen LogP contribution in [0.2, 0.25) is 10.0 Å². The molecule has 0 radical (unpaired) electrons. The lowest BCUT2D eigenvalue weighted by Gasteiger charge is -2.20. The summed E-state index contributed by atoms with van der Waals surface area (Å²) in [4.78, 5) is 26.7. The van der Waals surface area contributed by atoms with Gasteiger partial charge in [0.15, 0.2) is 0 Å². The predicted octanol–water partition coefficient (Wildman–Crippen LogP) is 4.60. The van der Waals surface area contributed by atoms with Gasteiger partial charge in [0.05, 0.1) is 16.6 Å². The SMILES string of the molecule is Cc1cccc(N2C[C@H](C(=O)Nc3ccc(Cl)cc3Cl)CC2=O)c1C. The van der Waals surface area contributed by atoms with E-state index in [9.17, 15) is 9.59 Å². The molecule has 1 aliphatic rings. The van der Waals surface area contributed by atoms with Crippen LogP contribution < -0.4 is 10.2 Å². The van der Waals surface area contributed by atoms with Crippen molar-refractivity contribution >= 4 is 46.4 Å². The van der Waals surface area contributed by atoms with Crippen molar-refractivity contribution in [2.75, 3.05) is 16.8 Å². The Hall–Kier alpha value is -2.04. The van der Waals surface area contributed by atoms with Crippen molar-refractivity contribution in [2.24, 2.45) is 5.92 Å². The standard InChI is InChI=1S/C19H18Cl2N2O2/c1-11-4-3-5-17(12(11)2)23-10-13(8-18(23)24)19(25)22-16-7-6-14(20)9-15(16)21/h3-7,9,13H,8,10H2,1-2H3,(H,22,25)/t13-/m1/s1. The van der Waals surface area contributed by atoms with Gasteiger partial charge in [0.2, 0.25) is 11.8 Å². The fourth-order valence-electron chi connectivity index (χ4n) is 2.97. The number of aryl methyl sites for hydroxylation is 1. The largest absolute Gasteiger partial charge is 0.324 e. The van der Waals surface area contributed by atoms with E-state index in [1.165, 1.54) is 0 Å². The normalized spacial score (nSPS) is 17.0. The van der Waals surface area contributed by atoms with Gasteiger partial charge in [-0.15, -0.1) is 0 Å². The molecule has 2 amide bonds. The molecule has 1 aliphatic heterocycles. The number of nitrogens with one attached hydrogen (secondary N) is 1. The van der Waals surface area contributed by atoms with E-state index in [0.717, 1.165) is 16.8 Å². The number of hydrogen-bond acceptors (Lipinski definition) is 2. The minimum Gasteiger partial charge on any atom is -0.324 e. The molecule has 3 rings (SSSR count). The quantitative estimate of drug-likeness (QED) is 0.850. The lowest BCUT2D eigenvalue weighted by molar-refractivity contribution is -0.122. The molecular formula is C19H18Cl2N2O2. The Morgan fingerprint density at radius 3 is 2.68 bits per heavy atom. The highest BCUT2D eigenvalue weighted by Crippen LogP contribution is 2.31. The van der Waals surface area contributed by atoms with E-state index < -0.39 is 5.92 Å². The maximum atomic E-state index is 12.5.